The maximum Gasteiger partial charge on any atom is 0.335 e. The zero-order chi connectivity index (χ0) is 25.4. The first-order chi connectivity index (χ1) is 17.2. The normalized spacial score (nSPS) is 11.6. The van der Waals surface area contributed by atoms with E-state index in [0.717, 1.165) is 10.9 Å². The maximum absolute atomic E-state index is 13.9. The molecule has 5 rings (SSSR count). The molecule has 0 bridgehead atoms. The van der Waals surface area contributed by atoms with E-state index >= 15 is 0 Å². The van der Waals surface area contributed by atoms with Gasteiger partial charge in [0.1, 0.15) is 17.0 Å². The summed E-state index contributed by atoms with van der Waals surface area (Å²) in [7, 11) is -4.19. The van der Waals surface area contributed by atoms with Crippen LogP contribution in [0.15, 0.2) is 92.8 Å². The number of furan rings is 1. The number of carboxylic acids is 1. The average Bonchev–Trinajstić information content (AvgIpc) is 3.48. The molecule has 0 spiro atoms. The highest BCUT2D eigenvalue weighted by atomic mass is 32.2. The molecule has 9 heteroatoms. The zero-order valence-electron chi connectivity index (χ0n) is 19.5. The van der Waals surface area contributed by atoms with E-state index in [0.29, 0.717) is 34.2 Å². The van der Waals surface area contributed by atoms with Gasteiger partial charge in [0, 0.05) is 10.9 Å². The van der Waals surface area contributed by atoms with Gasteiger partial charge in [-0.3, -0.25) is 4.31 Å². The lowest BCUT2D eigenvalue weighted by atomic mass is 10.1. The van der Waals surface area contributed by atoms with Crippen molar-refractivity contribution in [1.82, 2.24) is 4.98 Å². The number of hydrogen-bond donors (Lipinski definition) is 1. The van der Waals surface area contributed by atoms with Crippen molar-refractivity contribution in [3.63, 3.8) is 0 Å². The average molecular weight is 503 g/mol. The molecule has 0 saturated carbocycles. The first-order valence-corrected chi connectivity index (χ1v) is 12.5. The summed E-state index contributed by atoms with van der Waals surface area (Å²) < 4.78 is 40.3. The van der Waals surface area contributed by atoms with Crippen LogP contribution in [-0.2, 0) is 16.6 Å². The molecule has 0 radical (unpaired) electrons. The van der Waals surface area contributed by atoms with E-state index in [2.05, 4.69) is 4.98 Å². The van der Waals surface area contributed by atoms with Gasteiger partial charge in [-0.1, -0.05) is 24.3 Å². The summed E-state index contributed by atoms with van der Waals surface area (Å²) >= 11 is 0. The summed E-state index contributed by atoms with van der Waals surface area (Å²) in [6, 6.07) is 20.2. The quantitative estimate of drug-likeness (QED) is 0.299. The van der Waals surface area contributed by atoms with Gasteiger partial charge in [-0.2, -0.15) is 0 Å². The highest BCUT2D eigenvalue weighted by molar-refractivity contribution is 7.92. The topological polar surface area (TPSA) is 114 Å². The number of nitrogens with zero attached hydrogens (tertiary/aromatic N) is 2. The molecule has 0 aliphatic rings. The molecular weight excluding hydrogens is 480 g/mol. The molecule has 0 fully saturated rings. The number of fused-ring (bicyclic) bond motifs is 1. The Hall–Kier alpha value is -4.37. The molecule has 0 aliphatic heterocycles. The predicted molar refractivity (Wildman–Crippen MR) is 134 cm³/mol. The van der Waals surface area contributed by atoms with Crippen LogP contribution in [0.4, 0.5) is 5.69 Å². The largest absolute Gasteiger partial charge is 0.478 e. The van der Waals surface area contributed by atoms with Crippen LogP contribution < -0.4 is 4.31 Å². The highest BCUT2D eigenvalue weighted by Gasteiger charge is 2.29. The molecule has 0 saturated heterocycles. The van der Waals surface area contributed by atoms with E-state index in [1.165, 1.54) is 28.8 Å². The van der Waals surface area contributed by atoms with Gasteiger partial charge in [0.2, 0.25) is 5.89 Å². The summed E-state index contributed by atoms with van der Waals surface area (Å²) in [6.07, 6.45) is 1.53. The maximum atomic E-state index is 13.9. The Morgan fingerprint density at radius 2 is 1.78 bits per heavy atom. The summed E-state index contributed by atoms with van der Waals surface area (Å²) in [5.41, 5.74) is 2.59. The highest BCUT2D eigenvalue weighted by Crippen LogP contribution is 2.31. The molecule has 1 N–H and O–H groups in total. The lowest BCUT2D eigenvalue weighted by molar-refractivity contribution is 0.0696. The standard InChI is InChI=1S/C27H22N2O6S/c1-17-8-10-22(15-23(17)27(30)31)36(32,33)29(21-9-11-25-20(14-21)12-13-34-25)16-24-18(2)35-26(28-24)19-6-4-3-5-7-19/h3-15H,16H2,1-2H3,(H,30,31). The minimum atomic E-state index is -4.19. The number of aromatic nitrogens is 1. The van der Waals surface area contributed by atoms with Crippen molar-refractivity contribution in [2.24, 2.45) is 0 Å². The van der Waals surface area contributed by atoms with Crippen LogP contribution in [0, 0.1) is 13.8 Å². The molecule has 3 aromatic carbocycles. The number of carboxylic acid groups (broad SMARTS) is 1. The van der Waals surface area contributed by atoms with Crippen LogP contribution in [-0.4, -0.2) is 24.5 Å². The van der Waals surface area contributed by atoms with Gasteiger partial charge in [-0.25, -0.2) is 18.2 Å². The third-order valence-corrected chi connectivity index (χ3v) is 7.73. The van der Waals surface area contributed by atoms with E-state index in [-0.39, 0.29) is 17.0 Å². The Bertz CT molecular complexity index is 1690. The Morgan fingerprint density at radius 3 is 2.53 bits per heavy atom. The minimum Gasteiger partial charge on any atom is -0.478 e. The number of anilines is 1. The molecule has 2 heterocycles. The molecule has 0 atom stereocenters. The molecular formula is C27H22N2O6S. The second-order valence-electron chi connectivity index (χ2n) is 8.32. The monoisotopic (exact) mass is 502 g/mol. The van der Waals surface area contributed by atoms with Crippen LogP contribution in [0.1, 0.15) is 27.4 Å². The van der Waals surface area contributed by atoms with E-state index in [4.69, 9.17) is 8.83 Å². The number of rotatable bonds is 7. The fourth-order valence-corrected chi connectivity index (χ4v) is 5.40. The summed E-state index contributed by atoms with van der Waals surface area (Å²) in [4.78, 5) is 16.1. The number of aryl methyl sites for hydroxylation is 2. The third kappa shape index (κ3) is 4.25. The van der Waals surface area contributed by atoms with Gasteiger partial charge >= 0.3 is 5.97 Å². The van der Waals surface area contributed by atoms with Crippen molar-refractivity contribution >= 4 is 32.6 Å². The molecule has 0 amide bonds. The molecule has 2 aromatic heterocycles. The number of aromatic carboxylic acids is 1. The Balaban J connectivity index is 1.63. The first-order valence-electron chi connectivity index (χ1n) is 11.1. The lowest BCUT2D eigenvalue weighted by Crippen LogP contribution is -2.31. The van der Waals surface area contributed by atoms with Gasteiger partial charge in [0.05, 0.1) is 29.0 Å². The van der Waals surface area contributed by atoms with Crippen molar-refractivity contribution < 1.29 is 27.2 Å². The van der Waals surface area contributed by atoms with Crippen LogP contribution in [0.5, 0.6) is 0 Å². The predicted octanol–water partition coefficient (Wildman–Crippen LogP) is 5.80. The van der Waals surface area contributed by atoms with Crippen molar-refractivity contribution in [3.8, 4) is 11.5 Å². The molecule has 5 aromatic rings. The zero-order valence-corrected chi connectivity index (χ0v) is 20.3. The molecule has 36 heavy (non-hydrogen) atoms. The fourth-order valence-electron chi connectivity index (χ4n) is 3.96. The number of benzene rings is 3. The van der Waals surface area contributed by atoms with Crippen molar-refractivity contribution in [3.05, 3.63) is 102 Å². The Morgan fingerprint density at radius 1 is 1.00 bits per heavy atom. The van der Waals surface area contributed by atoms with E-state index < -0.39 is 16.0 Å². The van der Waals surface area contributed by atoms with Gasteiger partial charge in [0.25, 0.3) is 10.0 Å². The first kappa shape index (κ1) is 23.4. The molecule has 8 nitrogen and oxygen atoms in total. The van der Waals surface area contributed by atoms with Crippen molar-refractivity contribution in [1.29, 1.82) is 0 Å². The number of sulfonamides is 1. The number of carbonyl (C=O) groups is 1. The lowest BCUT2D eigenvalue weighted by Gasteiger charge is -2.24. The minimum absolute atomic E-state index is 0.0784. The van der Waals surface area contributed by atoms with Crippen molar-refractivity contribution in [2.45, 2.75) is 25.3 Å². The summed E-state index contributed by atoms with van der Waals surface area (Å²) in [5.74, 6) is -0.335. The van der Waals surface area contributed by atoms with Crippen LogP contribution in [0.25, 0.3) is 22.4 Å². The summed E-state index contributed by atoms with van der Waals surface area (Å²) in [5, 5.41) is 10.3. The van der Waals surface area contributed by atoms with Gasteiger partial charge in [-0.05, 0) is 67.9 Å². The summed E-state index contributed by atoms with van der Waals surface area (Å²) in [6.45, 7) is 3.23. The third-order valence-electron chi connectivity index (χ3n) is 5.96. The van der Waals surface area contributed by atoms with E-state index in [1.807, 2.05) is 30.3 Å². The van der Waals surface area contributed by atoms with Gasteiger partial charge in [-0.15, -0.1) is 0 Å². The number of oxazole rings is 1. The second kappa shape index (κ2) is 9.01. The van der Waals surface area contributed by atoms with Gasteiger partial charge in [0.15, 0.2) is 0 Å². The van der Waals surface area contributed by atoms with Crippen LogP contribution in [0.3, 0.4) is 0 Å². The molecule has 0 aliphatic carbocycles. The Labute approximate surface area is 207 Å². The molecule has 182 valence electrons. The molecule has 0 unspecified atom stereocenters. The number of hydrogen-bond acceptors (Lipinski definition) is 6. The van der Waals surface area contributed by atoms with Crippen LogP contribution >= 0.6 is 0 Å². The SMILES string of the molecule is Cc1ccc(S(=O)(=O)N(Cc2nc(-c3ccccc3)oc2C)c2ccc3occc3c2)cc1C(=O)O. The Kier molecular flexibility index (Phi) is 5.85. The second-order valence-corrected chi connectivity index (χ2v) is 10.2. The smallest absolute Gasteiger partial charge is 0.335 e. The van der Waals surface area contributed by atoms with E-state index in [9.17, 15) is 18.3 Å². The fraction of sp³-hybridized carbons (Fsp3) is 0.111. The van der Waals surface area contributed by atoms with E-state index in [1.54, 1.807) is 38.1 Å². The van der Waals surface area contributed by atoms with Crippen molar-refractivity contribution in [2.75, 3.05) is 4.31 Å². The van der Waals surface area contributed by atoms with Gasteiger partial charge < -0.3 is 13.9 Å². The van der Waals surface area contributed by atoms with Crippen LogP contribution in [0.2, 0.25) is 0 Å².